The minimum absolute atomic E-state index is 0.0942. The lowest BCUT2D eigenvalue weighted by molar-refractivity contribution is -0.124. The van der Waals surface area contributed by atoms with Crippen LogP contribution in [0.1, 0.15) is 50.0 Å². The summed E-state index contributed by atoms with van der Waals surface area (Å²) in [5, 5.41) is 6.25. The van der Waals surface area contributed by atoms with E-state index in [1.165, 1.54) is 18.9 Å². The normalized spacial score (nSPS) is 26.3. The van der Waals surface area contributed by atoms with Gasteiger partial charge in [0.05, 0.1) is 5.69 Å². The summed E-state index contributed by atoms with van der Waals surface area (Å²) in [6, 6.07) is 5.83. The van der Waals surface area contributed by atoms with Gasteiger partial charge in [0.1, 0.15) is 17.7 Å². The van der Waals surface area contributed by atoms with Crippen molar-refractivity contribution in [2.24, 2.45) is 0 Å². The van der Waals surface area contributed by atoms with Crippen LogP contribution in [0.5, 0.6) is 0 Å². The summed E-state index contributed by atoms with van der Waals surface area (Å²) in [7, 11) is 4.15. The number of nitrogens with one attached hydrogen (secondary N) is 2. The van der Waals surface area contributed by atoms with Crippen molar-refractivity contribution in [3.63, 3.8) is 0 Å². The topological polar surface area (TPSA) is 76.6 Å². The van der Waals surface area contributed by atoms with Gasteiger partial charge >= 0.3 is 0 Å². The van der Waals surface area contributed by atoms with Crippen LogP contribution >= 0.6 is 0 Å². The van der Waals surface area contributed by atoms with Gasteiger partial charge in [-0.2, -0.15) is 4.98 Å². The molecule has 4 heterocycles. The molecule has 1 aromatic heterocycles. The van der Waals surface area contributed by atoms with Crippen molar-refractivity contribution in [3.05, 3.63) is 35.8 Å². The SMILES string of the molecule is CN(C)[C@H]1CCN(c2ccc(Nc3ncc4c(n3)N(C3CCCC3)[C@@H]3C(=O)NCCC43)cc2F)C1. The van der Waals surface area contributed by atoms with Gasteiger partial charge in [-0.15, -0.1) is 0 Å². The summed E-state index contributed by atoms with van der Waals surface area (Å²) in [6.07, 6.45) is 8.34. The van der Waals surface area contributed by atoms with Gasteiger partial charge in [0.2, 0.25) is 11.9 Å². The Bertz CT molecular complexity index is 1120. The number of aromatic nitrogens is 2. The Morgan fingerprint density at radius 2 is 2.00 bits per heavy atom. The molecule has 2 N–H and O–H groups in total. The summed E-state index contributed by atoms with van der Waals surface area (Å²) in [4.78, 5) is 28.9. The quantitative estimate of drug-likeness (QED) is 0.682. The van der Waals surface area contributed by atoms with Crippen molar-refractivity contribution >= 4 is 29.0 Å². The van der Waals surface area contributed by atoms with Crippen molar-refractivity contribution in [1.29, 1.82) is 0 Å². The maximum atomic E-state index is 15.1. The molecule has 0 spiro atoms. The van der Waals surface area contributed by atoms with Gasteiger partial charge in [-0.05, 0) is 58.0 Å². The highest BCUT2D eigenvalue weighted by atomic mass is 19.1. The van der Waals surface area contributed by atoms with Crippen LogP contribution in [0.15, 0.2) is 24.4 Å². The van der Waals surface area contributed by atoms with Crippen LogP contribution in [0.25, 0.3) is 0 Å². The van der Waals surface area contributed by atoms with Crippen molar-refractivity contribution in [1.82, 2.24) is 20.2 Å². The predicted molar refractivity (Wildman–Crippen MR) is 135 cm³/mol. The number of halogens is 1. The van der Waals surface area contributed by atoms with Crippen LogP contribution in [0, 0.1) is 5.82 Å². The van der Waals surface area contributed by atoms with Crippen molar-refractivity contribution in [2.45, 2.75) is 62.6 Å². The maximum absolute atomic E-state index is 15.1. The monoisotopic (exact) mass is 479 g/mol. The predicted octanol–water partition coefficient (Wildman–Crippen LogP) is 3.23. The number of amides is 1. The first-order valence-corrected chi connectivity index (χ1v) is 12.9. The van der Waals surface area contributed by atoms with E-state index >= 15 is 4.39 Å². The third kappa shape index (κ3) is 3.99. The second-order valence-corrected chi connectivity index (χ2v) is 10.6. The Balaban J connectivity index is 1.25. The Hall–Kier alpha value is -2.94. The zero-order valence-electron chi connectivity index (χ0n) is 20.5. The fourth-order valence-electron chi connectivity index (χ4n) is 6.42. The van der Waals surface area contributed by atoms with Crippen LogP contribution < -0.4 is 20.4 Å². The van der Waals surface area contributed by atoms with Gasteiger partial charge in [0.25, 0.3) is 0 Å². The third-order valence-electron chi connectivity index (χ3n) is 8.30. The number of likely N-dealkylation sites (N-methyl/N-ethyl adjacent to an activating group) is 1. The first-order chi connectivity index (χ1) is 17.0. The second-order valence-electron chi connectivity index (χ2n) is 10.6. The summed E-state index contributed by atoms with van der Waals surface area (Å²) < 4.78 is 15.1. The summed E-state index contributed by atoms with van der Waals surface area (Å²) in [5.74, 6) is 1.29. The first kappa shape index (κ1) is 22.5. The van der Waals surface area contributed by atoms with Crippen LogP contribution in [-0.4, -0.2) is 72.6 Å². The molecular weight excluding hydrogens is 445 g/mol. The molecule has 1 unspecified atom stereocenters. The largest absolute Gasteiger partial charge is 0.368 e. The van der Waals surface area contributed by atoms with Gasteiger partial charge in [-0.25, -0.2) is 9.37 Å². The zero-order valence-corrected chi connectivity index (χ0v) is 20.5. The Morgan fingerprint density at radius 3 is 2.74 bits per heavy atom. The molecule has 6 rings (SSSR count). The molecule has 35 heavy (non-hydrogen) atoms. The molecular formula is C26H34FN7O. The molecule has 1 aliphatic carbocycles. The molecule has 2 aromatic rings. The number of hydrogen-bond donors (Lipinski definition) is 2. The molecule has 1 amide bonds. The molecule has 0 radical (unpaired) electrons. The summed E-state index contributed by atoms with van der Waals surface area (Å²) in [5.41, 5.74) is 2.32. The Labute approximate surface area is 205 Å². The minimum Gasteiger partial charge on any atom is -0.368 e. The number of fused-ring (bicyclic) bond motifs is 3. The third-order valence-corrected chi connectivity index (χ3v) is 8.30. The van der Waals surface area contributed by atoms with Gasteiger partial charge in [0.15, 0.2) is 0 Å². The highest BCUT2D eigenvalue weighted by Crippen LogP contribution is 2.46. The first-order valence-electron chi connectivity index (χ1n) is 12.9. The number of piperidine rings is 1. The lowest BCUT2D eigenvalue weighted by Gasteiger charge is -2.35. The Morgan fingerprint density at radius 1 is 1.17 bits per heavy atom. The van der Waals surface area contributed by atoms with E-state index in [0.29, 0.717) is 36.0 Å². The number of benzene rings is 1. The highest BCUT2D eigenvalue weighted by molar-refractivity contribution is 5.90. The average molecular weight is 480 g/mol. The van der Waals surface area contributed by atoms with E-state index < -0.39 is 0 Å². The van der Waals surface area contributed by atoms with Crippen LogP contribution in [0.2, 0.25) is 0 Å². The lowest BCUT2D eigenvalue weighted by atomic mass is 9.89. The number of rotatable bonds is 5. The van der Waals surface area contributed by atoms with E-state index in [2.05, 4.69) is 44.4 Å². The summed E-state index contributed by atoms with van der Waals surface area (Å²) >= 11 is 0. The number of carbonyl (C=O) groups is 1. The van der Waals surface area contributed by atoms with Gasteiger partial charge in [0, 0.05) is 55.1 Å². The molecule has 1 aromatic carbocycles. The standard InChI is InChI=1S/C26H34FN7O/c1-32(2)18-10-12-33(15-18)22-8-7-16(13-21(22)27)30-26-29-14-20-19-9-11-28-25(35)23(19)34(24(20)31-26)17-5-3-4-6-17/h7-8,13-14,17-19,23H,3-6,9-12,15H2,1-2H3,(H,28,35)(H,29,30,31)/t18-,19?,23-/m0/s1. The van der Waals surface area contributed by atoms with Crippen LogP contribution in [-0.2, 0) is 4.79 Å². The minimum atomic E-state index is -0.245. The maximum Gasteiger partial charge on any atom is 0.243 e. The molecule has 0 bridgehead atoms. The zero-order chi connectivity index (χ0) is 24.1. The van der Waals surface area contributed by atoms with E-state index in [1.807, 2.05) is 18.3 Å². The van der Waals surface area contributed by atoms with Crippen molar-refractivity contribution < 1.29 is 9.18 Å². The number of carbonyl (C=O) groups excluding carboxylic acids is 1. The second kappa shape index (κ2) is 8.93. The molecule has 4 aliphatic rings. The molecule has 2 saturated heterocycles. The summed E-state index contributed by atoms with van der Waals surface area (Å²) in [6.45, 7) is 2.38. The average Bonchev–Trinajstić information content (AvgIpc) is 3.58. The Kier molecular flexibility index (Phi) is 5.75. The molecule has 3 atom stereocenters. The van der Waals surface area contributed by atoms with Gasteiger partial charge in [-0.1, -0.05) is 12.8 Å². The van der Waals surface area contributed by atoms with Gasteiger partial charge < -0.3 is 25.3 Å². The van der Waals surface area contributed by atoms with E-state index in [-0.39, 0.29) is 23.7 Å². The molecule has 3 fully saturated rings. The lowest BCUT2D eigenvalue weighted by Crippen LogP contribution is -2.53. The van der Waals surface area contributed by atoms with Crippen LogP contribution in [0.3, 0.4) is 0 Å². The van der Waals surface area contributed by atoms with Gasteiger partial charge in [-0.3, -0.25) is 4.79 Å². The fraction of sp³-hybridized carbons (Fsp3) is 0.577. The van der Waals surface area contributed by atoms with Crippen molar-refractivity contribution in [2.75, 3.05) is 48.8 Å². The number of hydrogen-bond acceptors (Lipinski definition) is 7. The van der Waals surface area contributed by atoms with E-state index in [0.717, 1.165) is 50.2 Å². The fourth-order valence-corrected chi connectivity index (χ4v) is 6.42. The van der Waals surface area contributed by atoms with Crippen molar-refractivity contribution in [3.8, 4) is 0 Å². The molecule has 186 valence electrons. The highest BCUT2D eigenvalue weighted by Gasteiger charge is 2.48. The van der Waals surface area contributed by atoms with E-state index in [4.69, 9.17) is 4.98 Å². The van der Waals surface area contributed by atoms with Crippen LogP contribution in [0.4, 0.5) is 27.5 Å². The van der Waals surface area contributed by atoms with E-state index in [9.17, 15) is 4.79 Å². The van der Waals surface area contributed by atoms with E-state index in [1.54, 1.807) is 0 Å². The molecule has 9 heteroatoms. The molecule has 3 aliphatic heterocycles. The molecule has 1 saturated carbocycles. The number of anilines is 4. The number of nitrogens with zero attached hydrogens (tertiary/aromatic N) is 5. The molecule has 8 nitrogen and oxygen atoms in total. The smallest absolute Gasteiger partial charge is 0.243 e.